The standard InChI is InChI=1S/C17H32N2O.ClH/c1-4-17(2,3)14-7-9-15(10-8-14)19-16(20)13-6-5-11-18-12-13;/h13-15,18H,4-12H2,1-3H3,(H,19,20);1H/t13-,14?,15?;/m1./s1. The smallest absolute Gasteiger partial charge is 0.224 e. The normalized spacial score (nSPS) is 30.3. The third-order valence-corrected chi connectivity index (χ3v) is 5.76. The number of hydrogen-bond donors (Lipinski definition) is 2. The van der Waals surface area contributed by atoms with Crippen molar-refractivity contribution >= 4 is 18.3 Å². The molecule has 2 N–H and O–H groups in total. The molecule has 0 spiro atoms. The minimum absolute atomic E-state index is 0. The first-order chi connectivity index (χ1) is 9.53. The van der Waals surface area contributed by atoms with Crippen LogP contribution in [0.1, 0.15) is 65.7 Å². The zero-order chi connectivity index (χ0) is 14.6. The van der Waals surface area contributed by atoms with Crippen molar-refractivity contribution in [3.63, 3.8) is 0 Å². The molecule has 0 aromatic heterocycles. The summed E-state index contributed by atoms with van der Waals surface area (Å²) in [5.41, 5.74) is 0.461. The van der Waals surface area contributed by atoms with Crippen molar-refractivity contribution in [3.8, 4) is 0 Å². The van der Waals surface area contributed by atoms with Crippen LogP contribution in [0.5, 0.6) is 0 Å². The van der Waals surface area contributed by atoms with Gasteiger partial charge in [0.05, 0.1) is 5.92 Å². The van der Waals surface area contributed by atoms with Crippen LogP contribution in [0.2, 0.25) is 0 Å². The lowest BCUT2D eigenvalue weighted by atomic mass is 9.69. The number of carbonyl (C=O) groups is 1. The average molecular weight is 317 g/mol. The Kier molecular flexibility index (Phi) is 7.49. The molecule has 2 aliphatic rings. The fraction of sp³-hybridized carbons (Fsp3) is 0.941. The SMILES string of the molecule is CCC(C)(C)C1CCC(NC(=O)[C@@H]2CCCNC2)CC1.Cl. The van der Waals surface area contributed by atoms with E-state index in [1.165, 1.54) is 32.1 Å². The zero-order valence-electron chi connectivity index (χ0n) is 13.9. The molecule has 21 heavy (non-hydrogen) atoms. The Morgan fingerprint density at radius 1 is 1.19 bits per heavy atom. The Labute approximate surface area is 136 Å². The van der Waals surface area contributed by atoms with Crippen LogP contribution in [-0.2, 0) is 4.79 Å². The lowest BCUT2D eigenvalue weighted by Gasteiger charge is -2.39. The zero-order valence-corrected chi connectivity index (χ0v) is 14.7. The summed E-state index contributed by atoms with van der Waals surface area (Å²) in [4.78, 5) is 12.2. The van der Waals surface area contributed by atoms with Crippen molar-refractivity contribution in [2.75, 3.05) is 13.1 Å². The Morgan fingerprint density at radius 3 is 2.38 bits per heavy atom. The molecule has 124 valence electrons. The summed E-state index contributed by atoms with van der Waals surface area (Å²) in [5.74, 6) is 1.32. The molecular formula is C17H33ClN2O. The predicted molar refractivity (Wildman–Crippen MR) is 90.8 cm³/mol. The van der Waals surface area contributed by atoms with Crippen molar-refractivity contribution < 1.29 is 4.79 Å². The molecule has 0 bridgehead atoms. The fourth-order valence-electron chi connectivity index (χ4n) is 3.70. The van der Waals surface area contributed by atoms with Crippen LogP contribution in [0.3, 0.4) is 0 Å². The minimum Gasteiger partial charge on any atom is -0.353 e. The van der Waals surface area contributed by atoms with E-state index < -0.39 is 0 Å². The number of piperidine rings is 1. The van der Waals surface area contributed by atoms with Gasteiger partial charge in [-0.25, -0.2) is 0 Å². The van der Waals surface area contributed by atoms with E-state index in [9.17, 15) is 4.79 Å². The highest BCUT2D eigenvalue weighted by Gasteiger charge is 2.33. The second-order valence-electron chi connectivity index (χ2n) is 7.44. The van der Waals surface area contributed by atoms with Gasteiger partial charge < -0.3 is 10.6 Å². The maximum atomic E-state index is 12.2. The monoisotopic (exact) mass is 316 g/mol. The van der Waals surface area contributed by atoms with Gasteiger partial charge in [-0.2, -0.15) is 0 Å². The summed E-state index contributed by atoms with van der Waals surface area (Å²) in [6, 6.07) is 0.424. The molecule has 2 fully saturated rings. The molecule has 0 radical (unpaired) electrons. The van der Waals surface area contributed by atoms with Gasteiger partial charge in [-0.3, -0.25) is 4.79 Å². The van der Waals surface area contributed by atoms with E-state index in [-0.39, 0.29) is 24.2 Å². The van der Waals surface area contributed by atoms with E-state index in [1.54, 1.807) is 0 Å². The highest BCUT2D eigenvalue weighted by molar-refractivity contribution is 5.85. The molecule has 1 aliphatic heterocycles. The van der Waals surface area contributed by atoms with Crippen LogP contribution in [-0.4, -0.2) is 25.0 Å². The topological polar surface area (TPSA) is 41.1 Å². The summed E-state index contributed by atoms with van der Waals surface area (Å²) in [7, 11) is 0. The molecular weight excluding hydrogens is 284 g/mol. The maximum Gasteiger partial charge on any atom is 0.224 e. The van der Waals surface area contributed by atoms with Crippen LogP contribution in [0.15, 0.2) is 0 Å². The van der Waals surface area contributed by atoms with Gasteiger partial charge >= 0.3 is 0 Å². The van der Waals surface area contributed by atoms with Gasteiger partial charge in [0.25, 0.3) is 0 Å². The van der Waals surface area contributed by atoms with Gasteiger partial charge in [-0.05, 0) is 56.4 Å². The minimum atomic E-state index is 0. The number of amides is 1. The number of hydrogen-bond acceptors (Lipinski definition) is 2. The summed E-state index contributed by atoms with van der Waals surface area (Å²) >= 11 is 0. The molecule has 0 aromatic carbocycles. The lowest BCUT2D eigenvalue weighted by Crippen LogP contribution is -2.46. The average Bonchev–Trinajstić information content (AvgIpc) is 2.48. The number of rotatable bonds is 4. The molecule has 0 aromatic rings. The Balaban J connectivity index is 0.00000220. The van der Waals surface area contributed by atoms with Crippen molar-refractivity contribution in [1.82, 2.24) is 10.6 Å². The van der Waals surface area contributed by atoms with E-state index in [4.69, 9.17) is 0 Å². The third-order valence-electron chi connectivity index (χ3n) is 5.76. The molecule has 0 unspecified atom stereocenters. The molecule has 1 amide bonds. The predicted octanol–water partition coefficient (Wildman–Crippen LogP) is 3.52. The Morgan fingerprint density at radius 2 is 1.86 bits per heavy atom. The quantitative estimate of drug-likeness (QED) is 0.833. The van der Waals surface area contributed by atoms with E-state index in [0.717, 1.165) is 31.8 Å². The summed E-state index contributed by atoms with van der Waals surface area (Å²) in [6.07, 6.45) is 8.32. The van der Waals surface area contributed by atoms with Gasteiger partial charge in [-0.1, -0.05) is 27.2 Å². The number of nitrogens with one attached hydrogen (secondary N) is 2. The number of halogens is 1. The summed E-state index contributed by atoms with van der Waals surface area (Å²) < 4.78 is 0. The maximum absolute atomic E-state index is 12.2. The van der Waals surface area contributed by atoms with Crippen LogP contribution in [0.25, 0.3) is 0 Å². The summed E-state index contributed by atoms with van der Waals surface area (Å²) in [6.45, 7) is 9.02. The molecule has 3 nitrogen and oxygen atoms in total. The Hall–Kier alpha value is -0.280. The number of carbonyl (C=O) groups excluding carboxylic acids is 1. The molecule has 1 saturated heterocycles. The molecule has 1 saturated carbocycles. The summed E-state index contributed by atoms with van der Waals surface area (Å²) in [5, 5.41) is 6.63. The highest BCUT2D eigenvalue weighted by atomic mass is 35.5. The van der Waals surface area contributed by atoms with Crippen LogP contribution < -0.4 is 10.6 Å². The van der Waals surface area contributed by atoms with Gasteiger partial charge in [0.15, 0.2) is 0 Å². The first-order valence-electron chi connectivity index (χ1n) is 8.54. The fourth-order valence-corrected chi connectivity index (χ4v) is 3.70. The first-order valence-corrected chi connectivity index (χ1v) is 8.54. The molecule has 4 heteroatoms. The second kappa shape index (κ2) is 8.38. The third kappa shape index (κ3) is 5.14. The molecule has 1 heterocycles. The van der Waals surface area contributed by atoms with E-state index in [1.807, 2.05) is 0 Å². The van der Waals surface area contributed by atoms with E-state index in [2.05, 4.69) is 31.4 Å². The second-order valence-corrected chi connectivity index (χ2v) is 7.44. The molecule has 1 aliphatic carbocycles. The van der Waals surface area contributed by atoms with Crippen molar-refractivity contribution in [3.05, 3.63) is 0 Å². The molecule has 1 atom stereocenters. The lowest BCUT2D eigenvalue weighted by molar-refractivity contribution is -0.126. The molecule has 2 rings (SSSR count). The van der Waals surface area contributed by atoms with Crippen molar-refractivity contribution in [2.24, 2.45) is 17.3 Å². The van der Waals surface area contributed by atoms with Crippen LogP contribution in [0, 0.1) is 17.3 Å². The van der Waals surface area contributed by atoms with Crippen molar-refractivity contribution in [2.45, 2.75) is 71.8 Å². The van der Waals surface area contributed by atoms with E-state index in [0.29, 0.717) is 11.5 Å². The van der Waals surface area contributed by atoms with Gasteiger partial charge in [0.1, 0.15) is 0 Å². The largest absolute Gasteiger partial charge is 0.353 e. The van der Waals surface area contributed by atoms with Crippen LogP contribution >= 0.6 is 12.4 Å². The van der Waals surface area contributed by atoms with Gasteiger partial charge in [0.2, 0.25) is 5.91 Å². The Bertz CT molecular complexity index is 319. The first kappa shape index (κ1) is 18.8. The van der Waals surface area contributed by atoms with E-state index >= 15 is 0 Å². The van der Waals surface area contributed by atoms with Crippen LogP contribution in [0.4, 0.5) is 0 Å². The van der Waals surface area contributed by atoms with Gasteiger partial charge in [-0.15, -0.1) is 12.4 Å². The van der Waals surface area contributed by atoms with Crippen molar-refractivity contribution in [1.29, 1.82) is 0 Å². The van der Waals surface area contributed by atoms with Gasteiger partial charge in [0, 0.05) is 12.6 Å². The highest BCUT2D eigenvalue weighted by Crippen LogP contribution is 2.40.